The van der Waals surface area contributed by atoms with Crippen LogP contribution in [0.5, 0.6) is 0 Å². The lowest BCUT2D eigenvalue weighted by Crippen LogP contribution is -1.79. The monoisotopic (exact) mass is 166 g/mol. The zero-order valence-corrected chi connectivity index (χ0v) is 6.73. The number of H-pyrrole nitrogens is 1. The Morgan fingerprint density at radius 2 is 2.45 bits per heavy atom. The van der Waals surface area contributed by atoms with Crippen molar-refractivity contribution >= 4 is 23.3 Å². The Labute approximate surface area is 68.1 Å². The number of fused-ring (bicyclic) bond motifs is 1. The molecule has 0 unspecified atom stereocenters. The van der Waals surface area contributed by atoms with Crippen molar-refractivity contribution in [2.75, 3.05) is 0 Å². The van der Waals surface area contributed by atoms with Crippen LogP contribution in [0.2, 0.25) is 0 Å². The molecule has 0 amide bonds. The van der Waals surface area contributed by atoms with Gasteiger partial charge in [0.15, 0.2) is 5.58 Å². The van der Waals surface area contributed by atoms with E-state index in [0.717, 1.165) is 11.1 Å². The molecule has 0 fully saturated rings. The van der Waals surface area contributed by atoms with E-state index in [9.17, 15) is 0 Å². The maximum absolute atomic E-state index is 5.18. The second-order valence-corrected chi connectivity index (χ2v) is 2.74. The number of nitrogens with zero attached hydrogens (tertiary/aromatic N) is 1. The maximum Gasteiger partial charge on any atom is 0.187 e. The Balaban J connectivity index is 3.06. The molecule has 0 aromatic carbocycles. The summed E-state index contributed by atoms with van der Waals surface area (Å²) < 4.78 is 5.78. The van der Waals surface area contributed by atoms with Gasteiger partial charge in [-0.05, 0) is 6.92 Å². The SMILES string of the molecule is Cc1coc2c(=S)[nH]cnc12. The first-order chi connectivity index (χ1) is 5.29. The molecular weight excluding hydrogens is 160 g/mol. The molecule has 2 heterocycles. The fraction of sp³-hybridized carbons (Fsp3) is 0.143. The van der Waals surface area contributed by atoms with Crippen molar-refractivity contribution in [3.05, 3.63) is 22.8 Å². The number of hydrogen-bond acceptors (Lipinski definition) is 3. The Morgan fingerprint density at radius 3 is 3.18 bits per heavy atom. The number of rotatable bonds is 0. The predicted molar refractivity (Wildman–Crippen MR) is 43.9 cm³/mol. The molecule has 1 N–H and O–H groups in total. The third-order valence-corrected chi connectivity index (χ3v) is 1.84. The molecule has 0 spiro atoms. The first-order valence-corrected chi connectivity index (χ1v) is 3.61. The van der Waals surface area contributed by atoms with Crippen molar-refractivity contribution < 1.29 is 4.42 Å². The number of aromatic nitrogens is 2. The number of furan rings is 1. The zero-order chi connectivity index (χ0) is 7.84. The highest BCUT2D eigenvalue weighted by atomic mass is 32.1. The molecule has 2 rings (SSSR count). The van der Waals surface area contributed by atoms with Gasteiger partial charge in [-0.25, -0.2) is 4.98 Å². The van der Waals surface area contributed by atoms with Crippen LogP contribution >= 0.6 is 12.2 Å². The van der Waals surface area contributed by atoms with Crippen LogP contribution in [0.1, 0.15) is 5.56 Å². The lowest BCUT2D eigenvalue weighted by Gasteiger charge is -1.86. The van der Waals surface area contributed by atoms with Crippen molar-refractivity contribution in [3.8, 4) is 0 Å². The van der Waals surface area contributed by atoms with Crippen LogP contribution < -0.4 is 0 Å². The summed E-state index contributed by atoms with van der Waals surface area (Å²) in [6.07, 6.45) is 3.23. The van der Waals surface area contributed by atoms with Gasteiger partial charge in [-0.15, -0.1) is 0 Å². The highest BCUT2D eigenvalue weighted by Gasteiger charge is 2.02. The quantitative estimate of drug-likeness (QED) is 0.610. The van der Waals surface area contributed by atoms with E-state index < -0.39 is 0 Å². The summed E-state index contributed by atoms with van der Waals surface area (Å²) in [5, 5.41) is 0. The molecule has 0 saturated heterocycles. The molecule has 0 aliphatic heterocycles. The van der Waals surface area contributed by atoms with Gasteiger partial charge in [0.05, 0.1) is 12.6 Å². The van der Waals surface area contributed by atoms with E-state index in [0.29, 0.717) is 10.2 Å². The summed E-state index contributed by atoms with van der Waals surface area (Å²) in [6.45, 7) is 1.94. The van der Waals surface area contributed by atoms with Crippen molar-refractivity contribution in [3.63, 3.8) is 0 Å². The molecule has 0 aliphatic carbocycles. The van der Waals surface area contributed by atoms with Gasteiger partial charge in [-0.2, -0.15) is 0 Å². The van der Waals surface area contributed by atoms with Gasteiger partial charge in [0, 0.05) is 5.56 Å². The fourth-order valence-electron chi connectivity index (χ4n) is 0.981. The molecular formula is C7H6N2OS. The van der Waals surface area contributed by atoms with Gasteiger partial charge in [0.2, 0.25) is 0 Å². The second kappa shape index (κ2) is 2.17. The Morgan fingerprint density at radius 1 is 1.64 bits per heavy atom. The Hall–Kier alpha value is -1.16. The van der Waals surface area contributed by atoms with Crippen LogP contribution in [0.15, 0.2) is 17.0 Å². The van der Waals surface area contributed by atoms with Crippen molar-refractivity contribution in [2.24, 2.45) is 0 Å². The largest absolute Gasteiger partial charge is 0.459 e. The fourth-order valence-corrected chi connectivity index (χ4v) is 1.18. The van der Waals surface area contributed by atoms with Crippen molar-refractivity contribution in [1.82, 2.24) is 9.97 Å². The number of nitrogens with one attached hydrogen (secondary N) is 1. The Kier molecular flexibility index (Phi) is 1.29. The molecule has 0 atom stereocenters. The topological polar surface area (TPSA) is 41.8 Å². The molecule has 0 radical (unpaired) electrons. The lowest BCUT2D eigenvalue weighted by molar-refractivity contribution is 0.609. The van der Waals surface area contributed by atoms with E-state index in [-0.39, 0.29) is 0 Å². The molecule has 3 nitrogen and oxygen atoms in total. The first kappa shape index (κ1) is 6.54. The van der Waals surface area contributed by atoms with Gasteiger partial charge in [0.25, 0.3) is 0 Å². The minimum absolute atomic E-state index is 0.600. The summed E-state index contributed by atoms with van der Waals surface area (Å²) in [5.41, 5.74) is 2.52. The van der Waals surface area contributed by atoms with Crippen LogP contribution in [0, 0.1) is 11.6 Å². The number of aryl methyl sites for hydroxylation is 1. The molecule has 56 valence electrons. The van der Waals surface area contributed by atoms with E-state index >= 15 is 0 Å². The zero-order valence-electron chi connectivity index (χ0n) is 5.92. The van der Waals surface area contributed by atoms with E-state index in [1.54, 1.807) is 12.6 Å². The third-order valence-electron chi connectivity index (χ3n) is 1.54. The summed E-state index contributed by atoms with van der Waals surface area (Å²) >= 11 is 4.98. The molecule has 2 aromatic heterocycles. The van der Waals surface area contributed by atoms with Crippen molar-refractivity contribution in [2.45, 2.75) is 6.92 Å². The van der Waals surface area contributed by atoms with Gasteiger partial charge >= 0.3 is 0 Å². The van der Waals surface area contributed by atoms with Crippen molar-refractivity contribution in [1.29, 1.82) is 0 Å². The van der Waals surface area contributed by atoms with Crippen LogP contribution in [0.4, 0.5) is 0 Å². The highest BCUT2D eigenvalue weighted by molar-refractivity contribution is 7.71. The average Bonchev–Trinajstić information content (AvgIpc) is 2.35. The van der Waals surface area contributed by atoms with Gasteiger partial charge in [-0.3, -0.25) is 0 Å². The lowest BCUT2D eigenvalue weighted by atomic mass is 10.3. The third kappa shape index (κ3) is 0.867. The molecule has 11 heavy (non-hydrogen) atoms. The molecule has 4 heteroatoms. The first-order valence-electron chi connectivity index (χ1n) is 3.20. The minimum atomic E-state index is 0.600. The standard InChI is InChI=1S/C7H6N2OS/c1-4-2-10-6-5(4)8-3-9-7(6)11/h2-3H,1H3,(H,8,9,11). The number of hydrogen-bond donors (Lipinski definition) is 1. The summed E-state index contributed by atoms with van der Waals surface area (Å²) in [5.74, 6) is 0. The summed E-state index contributed by atoms with van der Waals surface area (Å²) in [7, 11) is 0. The van der Waals surface area contributed by atoms with Crippen LogP contribution in [0.25, 0.3) is 11.1 Å². The summed E-state index contributed by atoms with van der Waals surface area (Å²) in [4.78, 5) is 6.88. The van der Waals surface area contributed by atoms with E-state index in [1.807, 2.05) is 6.92 Å². The molecule has 0 aliphatic rings. The summed E-state index contributed by atoms with van der Waals surface area (Å²) in [6, 6.07) is 0. The molecule has 0 bridgehead atoms. The van der Waals surface area contributed by atoms with Crippen LogP contribution in [-0.2, 0) is 0 Å². The average molecular weight is 166 g/mol. The van der Waals surface area contributed by atoms with Gasteiger partial charge < -0.3 is 9.40 Å². The van der Waals surface area contributed by atoms with Gasteiger partial charge in [-0.1, -0.05) is 12.2 Å². The molecule has 0 saturated carbocycles. The smallest absolute Gasteiger partial charge is 0.187 e. The maximum atomic E-state index is 5.18. The molecule has 2 aromatic rings. The normalized spacial score (nSPS) is 10.6. The minimum Gasteiger partial charge on any atom is -0.459 e. The Bertz CT molecular complexity index is 443. The second-order valence-electron chi connectivity index (χ2n) is 2.33. The van der Waals surface area contributed by atoms with E-state index in [4.69, 9.17) is 16.6 Å². The number of aromatic amines is 1. The highest BCUT2D eigenvalue weighted by Crippen LogP contribution is 2.16. The van der Waals surface area contributed by atoms with Crippen LogP contribution in [-0.4, -0.2) is 9.97 Å². The predicted octanol–water partition coefficient (Wildman–Crippen LogP) is 2.19. The van der Waals surface area contributed by atoms with E-state index in [1.165, 1.54) is 0 Å². The van der Waals surface area contributed by atoms with Gasteiger partial charge in [0.1, 0.15) is 10.2 Å². The van der Waals surface area contributed by atoms with E-state index in [2.05, 4.69) is 9.97 Å². The van der Waals surface area contributed by atoms with Crippen LogP contribution in [0.3, 0.4) is 0 Å².